The van der Waals surface area contributed by atoms with Gasteiger partial charge in [0.25, 0.3) is 5.91 Å². The van der Waals surface area contributed by atoms with Crippen molar-refractivity contribution in [3.8, 4) is 0 Å². The summed E-state index contributed by atoms with van der Waals surface area (Å²) in [5.74, 6) is 0.670. The van der Waals surface area contributed by atoms with Crippen molar-refractivity contribution in [2.75, 3.05) is 0 Å². The van der Waals surface area contributed by atoms with Crippen LogP contribution in [0.3, 0.4) is 0 Å². The summed E-state index contributed by atoms with van der Waals surface area (Å²) < 4.78 is 0. The molecule has 6 heteroatoms. The third-order valence-corrected chi connectivity index (χ3v) is 4.40. The van der Waals surface area contributed by atoms with Crippen LogP contribution in [0.4, 0.5) is 0 Å². The molecular weight excluding hydrogens is 308 g/mol. The van der Waals surface area contributed by atoms with Crippen LogP contribution in [-0.2, 0) is 6.54 Å². The van der Waals surface area contributed by atoms with Gasteiger partial charge in [0.15, 0.2) is 5.84 Å². The molecule has 0 spiro atoms. The van der Waals surface area contributed by atoms with Gasteiger partial charge >= 0.3 is 0 Å². The standard InChI is InChI=1S/C17H12N4OS/c22-16(14-7-3-10-23-14)19-15-13-6-2-1-5-12(13)11-21-9-4-8-18-17(21)20-15/h1-10H,11H2. The molecule has 0 N–H and O–H groups in total. The summed E-state index contributed by atoms with van der Waals surface area (Å²) in [5.41, 5.74) is 1.92. The smallest absolute Gasteiger partial charge is 0.289 e. The number of rotatable bonds is 1. The zero-order valence-electron chi connectivity index (χ0n) is 12.1. The first-order valence-electron chi connectivity index (χ1n) is 7.12. The zero-order valence-corrected chi connectivity index (χ0v) is 12.9. The fourth-order valence-electron chi connectivity index (χ4n) is 2.46. The molecular formula is C17H12N4OS. The zero-order chi connectivity index (χ0) is 15.6. The Balaban J connectivity index is 1.84. The Kier molecular flexibility index (Phi) is 3.44. The number of aliphatic imine (C=N–C) groups is 3. The van der Waals surface area contributed by atoms with Gasteiger partial charge in [0.1, 0.15) is 0 Å². The normalized spacial score (nSPS) is 17.5. The van der Waals surface area contributed by atoms with E-state index in [1.165, 1.54) is 11.3 Å². The molecule has 23 heavy (non-hydrogen) atoms. The highest BCUT2D eigenvalue weighted by Gasteiger charge is 2.21. The molecule has 2 aromatic rings. The van der Waals surface area contributed by atoms with Crippen LogP contribution in [0.15, 0.2) is 69.0 Å². The molecule has 1 amide bonds. The molecule has 4 rings (SSSR count). The molecule has 1 aromatic heterocycles. The van der Waals surface area contributed by atoms with Crippen LogP contribution < -0.4 is 0 Å². The van der Waals surface area contributed by atoms with Gasteiger partial charge in [0.05, 0.1) is 11.4 Å². The second kappa shape index (κ2) is 5.73. The Morgan fingerprint density at radius 2 is 2.13 bits per heavy atom. The van der Waals surface area contributed by atoms with Crippen molar-refractivity contribution < 1.29 is 4.79 Å². The largest absolute Gasteiger partial charge is 0.313 e. The van der Waals surface area contributed by atoms with Gasteiger partial charge in [-0.15, -0.1) is 11.3 Å². The number of hydrogen-bond acceptors (Lipinski definition) is 4. The Labute approximate surface area is 137 Å². The van der Waals surface area contributed by atoms with E-state index in [9.17, 15) is 4.79 Å². The van der Waals surface area contributed by atoms with Gasteiger partial charge in [-0.05, 0) is 23.1 Å². The topological polar surface area (TPSA) is 57.4 Å². The van der Waals surface area contributed by atoms with Crippen molar-refractivity contribution in [2.45, 2.75) is 6.54 Å². The van der Waals surface area contributed by atoms with Gasteiger partial charge < -0.3 is 4.90 Å². The van der Waals surface area contributed by atoms with Gasteiger partial charge in [-0.25, -0.2) is 4.99 Å². The fraction of sp³-hybridized carbons (Fsp3) is 0.0588. The number of carbonyl (C=O) groups is 1. The van der Waals surface area contributed by atoms with Crippen molar-refractivity contribution in [1.29, 1.82) is 0 Å². The first kappa shape index (κ1) is 13.8. The quantitative estimate of drug-likeness (QED) is 0.810. The highest BCUT2D eigenvalue weighted by molar-refractivity contribution is 7.12. The fourth-order valence-corrected chi connectivity index (χ4v) is 3.07. The average Bonchev–Trinajstić information content (AvgIpc) is 3.06. The first-order valence-corrected chi connectivity index (χ1v) is 8.00. The molecule has 5 nitrogen and oxygen atoms in total. The third kappa shape index (κ3) is 2.64. The van der Waals surface area contributed by atoms with Gasteiger partial charge in [-0.3, -0.25) is 4.79 Å². The highest BCUT2D eigenvalue weighted by atomic mass is 32.1. The molecule has 2 aliphatic rings. The summed E-state index contributed by atoms with van der Waals surface area (Å²) in [4.78, 5) is 27.9. The minimum absolute atomic E-state index is 0.280. The van der Waals surface area contributed by atoms with E-state index in [1.807, 2.05) is 52.9 Å². The number of guanidine groups is 1. The number of allylic oxidation sites excluding steroid dienone is 1. The second-order valence-electron chi connectivity index (χ2n) is 5.03. The van der Waals surface area contributed by atoms with Gasteiger partial charge in [-0.2, -0.15) is 9.98 Å². The van der Waals surface area contributed by atoms with E-state index < -0.39 is 0 Å². The van der Waals surface area contributed by atoms with Crippen LogP contribution in [0.25, 0.3) is 0 Å². The minimum Gasteiger partial charge on any atom is -0.313 e. The van der Waals surface area contributed by atoms with Crippen molar-refractivity contribution >= 4 is 35.3 Å². The molecule has 0 saturated heterocycles. The van der Waals surface area contributed by atoms with E-state index >= 15 is 0 Å². The maximum Gasteiger partial charge on any atom is 0.289 e. The van der Waals surface area contributed by atoms with Crippen LogP contribution >= 0.6 is 11.3 Å². The number of carbonyl (C=O) groups excluding carboxylic acids is 1. The lowest BCUT2D eigenvalue weighted by Crippen LogP contribution is -2.25. The molecule has 0 unspecified atom stereocenters. The van der Waals surface area contributed by atoms with E-state index in [4.69, 9.17) is 0 Å². The van der Waals surface area contributed by atoms with E-state index in [0.717, 1.165) is 11.1 Å². The summed E-state index contributed by atoms with van der Waals surface area (Å²) in [6.07, 6.45) is 5.47. The number of hydrogen-bond donors (Lipinski definition) is 0. The van der Waals surface area contributed by atoms with Gasteiger partial charge in [0.2, 0.25) is 5.96 Å². The number of benzene rings is 1. The van der Waals surface area contributed by atoms with Gasteiger partial charge in [-0.1, -0.05) is 30.3 Å². The van der Waals surface area contributed by atoms with Crippen LogP contribution in [0.5, 0.6) is 0 Å². The predicted molar refractivity (Wildman–Crippen MR) is 92.2 cm³/mol. The SMILES string of the molecule is O=C(N=C1N=C2N=CC=CN2Cc2ccccc21)c1cccs1. The highest BCUT2D eigenvalue weighted by Crippen LogP contribution is 2.21. The number of nitrogens with zero attached hydrogens (tertiary/aromatic N) is 4. The number of amidine groups is 1. The van der Waals surface area contributed by atoms with Crippen molar-refractivity contribution in [1.82, 2.24) is 4.90 Å². The Hall–Kier alpha value is -2.86. The van der Waals surface area contributed by atoms with Crippen LogP contribution in [-0.4, -0.2) is 28.8 Å². The molecule has 0 bridgehead atoms. The molecule has 0 radical (unpaired) electrons. The maximum absolute atomic E-state index is 12.3. The summed E-state index contributed by atoms with van der Waals surface area (Å²) in [7, 11) is 0. The van der Waals surface area contributed by atoms with Gasteiger partial charge in [0, 0.05) is 18.0 Å². The lowest BCUT2D eigenvalue weighted by Gasteiger charge is -2.19. The van der Waals surface area contributed by atoms with Crippen molar-refractivity contribution in [3.05, 3.63) is 70.1 Å². The summed E-state index contributed by atoms with van der Waals surface area (Å²) in [5, 5.41) is 1.86. The molecule has 112 valence electrons. The lowest BCUT2D eigenvalue weighted by molar-refractivity contribution is 0.101. The van der Waals surface area contributed by atoms with Crippen LogP contribution in [0.2, 0.25) is 0 Å². The minimum atomic E-state index is -0.280. The average molecular weight is 320 g/mol. The van der Waals surface area contributed by atoms with E-state index in [0.29, 0.717) is 23.2 Å². The maximum atomic E-state index is 12.3. The lowest BCUT2D eigenvalue weighted by atomic mass is 10.1. The van der Waals surface area contributed by atoms with Crippen molar-refractivity contribution in [2.24, 2.45) is 15.0 Å². The molecule has 3 heterocycles. The summed E-state index contributed by atoms with van der Waals surface area (Å²) >= 11 is 1.37. The van der Waals surface area contributed by atoms with E-state index in [-0.39, 0.29) is 5.91 Å². The summed E-state index contributed by atoms with van der Waals surface area (Å²) in [6.45, 7) is 0.648. The number of fused-ring (bicyclic) bond motifs is 2. The monoisotopic (exact) mass is 320 g/mol. The van der Waals surface area contributed by atoms with E-state index in [2.05, 4.69) is 15.0 Å². The Morgan fingerprint density at radius 1 is 1.22 bits per heavy atom. The summed E-state index contributed by atoms with van der Waals surface area (Å²) in [6, 6.07) is 11.5. The van der Waals surface area contributed by atoms with E-state index in [1.54, 1.807) is 12.3 Å². The number of thiophene rings is 1. The Bertz CT molecular complexity index is 878. The molecule has 0 fully saturated rings. The third-order valence-electron chi connectivity index (χ3n) is 3.54. The first-order chi connectivity index (χ1) is 11.3. The molecule has 0 saturated carbocycles. The molecule has 0 atom stereocenters. The molecule has 0 aliphatic carbocycles. The second-order valence-corrected chi connectivity index (χ2v) is 5.98. The number of amides is 1. The van der Waals surface area contributed by atoms with Crippen LogP contribution in [0, 0.1) is 0 Å². The van der Waals surface area contributed by atoms with Crippen LogP contribution in [0.1, 0.15) is 20.8 Å². The Morgan fingerprint density at radius 3 is 3.00 bits per heavy atom. The predicted octanol–water partition coefficient (Wildman–Crippen LogP) is 3.10. The molecule has 2 aliphatic heterocycles. The van der Waals surface area contributed by atoms with Crippen molar-refractivity contribution in [3.63, 3.8) is 0 Å². The molecule has 1 aromatic carbocycles.